The van der Waals surface area contributed by atoms with Gasteiger partial charge in [-0.1, -0.05) is 48.0 Å². The minimum absolute atomic E-state index is 0.0187. The first-order valence-electron chi connectivity index (χ1n) is 13.3. The molecule has 0 saturated heterocycles. The normalized spacial score (nSPS) is 28.5. The van der Waals surface area contributed by atoms with Gasteiger partial charge in [-0.05, 0) is 61.9 Å². The lowest BCUT2D eigenvalue weighted by Gasteiger charge is -2.47. The van der Waals surface area contributed by atoms with Crippen LogP contribution in [0.5, 0.6) is 0 Å². The van der Waals surface area contributed by atoms with Gasteiger partial charge >= 0.3 is 0 Å². The van der Waals surface area contributed by atoms with E-state index in [1.165, 1.54) is 6.42 Å². The fourth-order valence-electron chi connectivity index (χ4n) is 5.56. The van der Waals surface area contributed by atoms with Crippen LogP contribution in [-0.2, 0) is 8.85 Å². The Kier molecular flexibility index (Phi) is 6.60. The van der Waals surface area contributed by atoms with Gasteiger partial charge in [0, 0.05) is 11.5 Å². The number of nitrogen functional groups attached to an aromatic ring is 1. The van der Waals surface area contributed by atoms with Crippen molar-refractivity contribution in [1.29, 1.82) is 0 Å². The molecule has 4 atom stereocenters. The van der Waals surface area contributed by atoms with Crippen molar-refractivity contribution in [2.24, 2.45) is 5.41 Å². The molecule has 4 rings (SSSR count). The van der Waals surface area contributed by atoms with E-state index in [0.29, 0.717) is 11.3 Å². The van der Waals surface area contributed by atoms with Crippen molar-refractivity contribution in [3.8, 4) is 0 Å². The summed E-state index contributed by atoms with van der Waals surface area (Å²) in [6.07, 6.45) is 9.32. The first-order valence-corrected chi connectivity index (χ1v) is 19.1. The molecule has 2 heterocycles. The Balaban J connectivity index is 1.74. The number of hydrogen-bond donors (Lipinski definition) is 1. The zero-order valence-electron chi connectivity index (χ0n) is 23.6. The van der Waals surface area contributed by atoms with E-state index in [9.17, 15) is 0 Å². The first-order chi connectivity index (χ1) is 16.0. The molecule has 196 valence electrons. The summed E-state index contributed by atoms with van der Waals surface area (Å²) in [5.74, 6) is 0.440. The monoisotopic (exact) mass is 517 g/mol. The Morgan fingerprint density at radius 3 is 2.14 bits per heavy atom. The van der Waals surface area contributed by atoms with Crippen molar-refractivity contribution in [3.05, 3.63) is 12.7 Å². The summed E-state index contributed by atoms with van der Waals surface area (Å²) in [4.78, 5) is 13.3. The Morgan fingerprint density at radius 1 is 0.943 bits per heavy atom. The summed E-state index contributed by atoms with van der Waals surface area (Å²) in [5, 5.41) is 0.337. The molecule has 35 heavy (non-hydrogen) atoms. The maximum absolute atomic E-state index is 7.28. The minimum Gasteiger partial charge on any atom is -0.413 e. The number of nitrogens with two attached hydrogens (primary N) is 1. The highest BCUT2D eigenvalue weighted by molar-refractivity contribution is 6.74. The highest BCUT2D eigenvalue weighted by Crippen LogP contribution is 2.59. The van der Waals surface area contributed by atoms with E-state index in [4.69, 9.17) is 14.6 Å². The lowest BCUT2D eigenvalue weighted by Crippen LogP contribution is -2.53. The fraction of sp³-hybridized carbons (Fsp3) is 0.808. The molecule has 2 N–H and O–H groups in total. The average molecular weight is 518 g/mol. The quantitative estimate of drug-likeness (QED) is 0.444. The van der Waals surface area contributed by atoms with Crippen molar-refractivity contribution in [1.82, 2.24) is 19.5 Å². The number of aromatic nitrogens is 4. The standard InChI is InChI=1S/C26H47N5O2Si2/c1-24(2,3)34(7,8)32-19-12-11-13-26(19)15-18(14-20(26)33-35(9,10)25(4,5)6)31-17-30-21-22(27)28-16-29-23(21)31/h16-20H,11-15H2,1-10H3,(H2,27,28,29)/t18-,19-,20-,26-/m0/s1. The van der Waals surface area contributed by atoms with Gasteiger partial charge in [0.2, 0.25) is 0 Å². The Morgan fingerprint density at radius 2 is 1.54 bits per heavy atom. The van der Waals surface area contributed by atoms with Gasteiger partial charge < -0.3 is 19.2 Å². The molecular weight excluding hydrogens is 470 g/mol. The highest BCUT2D eigenvalue weighted by atomic mass is 28.4. The van der Waals surface area contributed by atoms with Crippen LogP contribution in [-0.4, -0.2) is 48.4 Å². The molecule has 0 bridgehead atoms. The van der Waals surface area contributed by atoms with Crippen molar-refractivity contribution in [2.75, 3.05) is 5.73 Å². The van der Waals surface area contributed by atoms with Gasteiger partial charge in [-0.25, -0.2) is 15.0 Å². The second-order valence-electron chi connectivity index (χ2n) is 14.0. The van der Waals surface area contributed by atoms with Crippen LogP contribution in [0.25, 0.3) is 11.2 Å². The fourth-order valence-corrected chi connectivity index (χ4v) is 8.37. The number of hydrogen-bond acceptors (Lipinski definition) is 6. The topological polar surface area (TPSA) is 88.1 Å². The summed E-state index contributed by atoms with van der Waals surface area (Å²) in [5.41, 5.74) is 7.65. The van der Waals surface area contributed by atoms with Crippen LogP contribution >= 0.6 is 0 Å². The number of fused-ring (bicyclic) bond motifs is 1. The van der Waals surface area contributed by atoms with Gasteiger partial charge in [0.15, 0.2) is 28.1 Å². The second-order valence-corrected chi connectivity index (χ2v) is 23.5. The molecule has 7 nitrogen and oxygen atoms in total. The zero-order valence-corrected chi connectivity index (χ0v) is 25.6. The molecule has 0 aliphatic heterocycles. The smallest absolute Gasteiger partial charge is 0.192 e. The van der Waals surface area contributed by atoms with E-state index in [1.54, 1.807) is 6.33 Å². The van der Waals surface area contributed by atoms with Gasteiger partial charge in [0.1, 0.15) is 11.8 Å². The number of anilines is 1. The van der Waals surface area contributed by atoms with E-state index in [2.05, 4.69) is 87.2 Å². The van der Waals surface area contributed by atoms with Gasteiger partial charge in [-0.2, -0.15) is 0 Å². The molecule has 0 unspecified atom stereocenters. The molecule has 2 saturated carbocycles. The van der Waals surface area contributed by atoms with Gasteiger partial charge in [0.25, 0.3) is 0 Å². The van der Waals surface area contributed by atoms with E-state index in [-0.39, 0.29) is 33.7 Å². The molecular formula is C26H47N5O2Si2. The second kappa shape index (κ2) is 8.63. The van der Waals surface area contributed by atoms with Crippen LogP contribution in [0.4, 0.5) is 5.82 Å². The molecule has 2 aromatic rings. The molecule has 0 radical (unpaired) electrons. The lowest BCUT2D eigenvalue weighted by molar-refractivity contribution is -0.0175. The van der Waals surface area contributed by atoms with Crippen molar-refractivity contribution >= 4 is 33.6 Å². The van der Waals surface area contributed by atoms with Crippen LogP contribution in [0.2, 0.25) is 36.3 Å². The largest absolute Gasteiger partial charge is 0.413 e. The number of nitrogens with zero attached hydrogens (tertiary/aromatic N) is 4. The predicted molar refractivity (Wildman–Crippen MR) is 148 cm³/mol. The molecule has 2 aromatic heterocycles. The van der Waals surface area contributed by atoms with Gasteiger partial charge in [-0.15, -0.1) is 0 Å². The Bertz CT molecular complexity index is 1070. The first kappa shape index (κ1) is 26.8. The molecule has 0 aromatic carbocycles. The van der Waals surface area contributed by atoms with E-state index in [1.807, 2.05) is 6.33 Å². The minimum atomic E-state index is -1.98. The van der Waals surface area contributed by atoms with Crippen LogP contribution in [0.15, 0.2) is 12.7 Å². The average Bonchev–Trinajstić information content (AvgIpc) is 3.39. The Labute approximate surface area is 213 Å². The molecule has 2 fully saturated rings. The maximum Gasteiger partial charge on any atom is 0.192 e. The number of imidazole rings is 1. The predicted octanol–water partition coefficient (Wildman–Crippen LogP) is 6.69. The third kappa shape index (κ3) is 4.62. The summed E-state index contributed by atoms with van der Waals surface area (Å²) in [7, 11) is -3.91. The lowest BCUT2D eigenvalue weighted by atomic mass is 9.80. The van der Waals surface area contributed by atoms with Crippen molar-refractivity contribution < 1.29 is 8.85 Å². The van der Waals surface area contributed by atoms with E-state index in [0.717, 1.165) is 31.3 Å². The molecule has 2 aliphatic rings. The summed E-state index contributed by atoms with van der Waals surface area (Å²) >= 11 is 0. The third-order valence-electron chi connectivity index (χ3n) is 9.76. The highest BCUT2D eigenvalue weighted by Gasteiger charge is 2.59. The Hall–Kier alpha value is -1.30. The maximum atomic E-state index is 7.28. The van der Waals surface area contributed by atoms with Gasteiger partial charge in [0.05, 0.1) is 18.5 Å². The summed E-state index contributed by atoms with van der Waals surface area (Å²) in [6.45, 7) is 23.5. The molecule has 1 spiro atoms. The molecule has 0 amide bonds. The summed E-state index contributed by atoms with van der Waals surface area (Å²) < 4.78 is 16.7. The van der Waals surface area contributed by atoms with E-state index < -0.39 is 16.6 Å². The van der Waals surface area contributed by atoms with Crippen molar-refractivity contribution in [2.45, 2.75) is 128 Å². The SMILES string of the molecule is CC(C)(C)[Si](C)(C)O[C@H]1CCC[C@]12C[C@@H](n1cnc3c(N)ncnc31)C[C@@H]2O[Si](C)(C)C(C)(C)C. The van der Waals surface area contributed by atoms with Gasteiger partial charge in [-0.3, -0.25) is 0 Å². The zero-order chi connectivity index (χ0) is 26.0. The van der Waals surface area contributed by atoms with Crippen LogP contribution in [0, 0.1) is 5.41 Å². The number of rotatable bonds is 5. The summed E-state index contributed by atoms with van der Waals surface area (Å²) in [6, 6.07) is 0.257. The molecule has 2 aliphatic carbocycles. The molecule has 9 heteroatoms. The van der Waals surface area contributed by atoms with Crippen molar-refractivity contribution in [3.63, 3.8) is 0 Å². The van der Waals surface area contributed by atoms with E-state index >= 15 is 0 Å². The van der Waals surface area contributed by atoms with Crippen LogP contribution in [0.3, 0.4) is 0 Å². The van der Waals surface area contributed by atoms with Crippen LogP contribution < -0.4 is 5.73 Å². The van der Waals surface area contributed by atoms with Crippen LogP contribution in [0.1, 0.15) is 79.7 Å². The third-order valence-corrected chi connectivity index (χ3v) is 18.7.